The zero-order chi connectivity index (χ0) is 13.7. The topological polar surface area (TPSA) is 68.0 Å². The maximum absolute atomic E-state index is 12.1. The number of hydrogen-bond acceptors (Lipinski definition) is 4. The second-order valence-corrected chi connectivity index (χ2v) is 5.43. The number of nitrogens with zero attached hydrogens (tertiary/aromatic N) is 1. The molecule has 0 aliphatic rings. The average molecular weight is 275 g/mol. The summed E-state index contributed by atoms with van der Waals surface area (Å²) in [5.74, 6) is -0.0823. The Kier molecular flexibility index (Phi) is 4.65. The van der Waals surface area contributed by atoms with Crippen LogP contribution in [0.3, 0.4) is 0 Å². The van der Waals surface area contributed by atoms with E-state index in [1.165, 1.54) is 4.88 Å². The number of hydrogen-bond donors (Lipinski definition) is 2. The van der Waals surface area contributed by atoms with Crippen molar-refractivity contribution in [3.8, 4) is 0 Å². The van der Waals surface area contributed by atoms with Crippen molar-refractivity contribution in [2.75, 3.05) is 0 Å². The quantitative estimate of drug-likeness (QED) is 0.876. The van der Waals surface area contributed by atoms with E-state index in [1.54, 1.807) is 29.7 Å². The lowest BCUT2D eigenvalue weighted by Crippen LogP contribution is -2.34. The number of nitrogens with two attached hydrogens (primary N) is 1. The predicted octanol–water partition coefficient (Wildman–Crippen LogP) is 1.96. The number of amides is 1. The minimum Gasteiger partial charge on any atom is -0.349 e. The minimum absolute atomic E-state index is 0.0823. The lowest BCUT2D eigenvalue weighted by molar-refractivity contribution is 0.0940. The van der Waals surface area contributed by atoms with Gasteiger partial charge in [0.2, 0.25) is 0 Å². The van der Waals surface area contributed by atoms with Crippen molar-refractivity contribution in [1.29, 1.82) is 0 Å². The fourth-order valence-electron chi connectivity index (χ4n) is 1.82. The molecule has 2 heterocycles. The summed E-state index contributed by atoms with van der Waals surface area (Å²) in [6.07, 6.45) is 2.46. The highest BCUT2D eigenvalue weighted by molar-refractivity contribution is 7.09. The number of carbonyl (C=O) groups is 1. The van der Waals surface area contributed by atoms with Crippen LogP contribution in [0.4, 0.5) is 0 Å². The number of carbonyl (C=O) groups excluding carboxylic acids is 1. The van der Waals surface area contributed by atoms with E-state index in [-0.39, 0.29) is 11.9 Å². The summed E-state index contributed by atoms with van der Waals surface area (Å²) in [6.45, 7) is 2.34. The number of pyridine rings is 1. The van der Waals surface area contributed by atoms with Crippen LogP contribution >= 0.6 is 11.3 Å². The van der Waals surface area contributed by atoms with Gasteiger partial charge in [-0.05, 0) is 30.5 Å². The first-order valence-corrected chi connectivity index (χ1v) is 7.05. The van der Waals surface area contributed by atoms with Crippen LogP contribution < -0.4 is 11.1 Å². The SMILES string of the molecule is CC(Cc1cccs1)NC(=O)c1ccnc(CN)c1. The molecule has 0 spiro atoms. The van der Waals surface area contributed by atoms with Crippen molar-refractivity contribution in [2.45, 2.75) is 25.9 Å². The van der Waals surface area contributed by atoms with Crippen LogP contribution in [0.1, 0.15) is 27.9 Å². The maximum Gasteiger partial charge on any atom is 0.251 e. The monoisotopic (exact) mass is 275 g/mol. The van der Waals surface area contributed by atoms with Gasteiger partial charge in [0.15, 0.2) is 0 Å². The Bertz CT molecular complexity index is 539. The average Bonchev–Trinajstić information content (AvgIpc) is 2.91. The normalized spacial score (nSPS) is 12.1. The molecule has 0 saturated carbocycles. The fraction of sp³-hybridized carbons (Fsp3) is 0.286. The molecule has 1 amide bonds. The molecular weight excluding hydrogens is 258 g/mol. The Labute approximate surface area is 116 Å². The summed E-state index contributed by atoms with van der Waals surface area (Å²) in [5.41, 5.74) is 6.84. The van der Waals surface area contributed by atoms with Gasteiger partial charge in [-0.3, -0.25) is 9.78 Å². The van der Waals surface area contributed by atoms with Crippen LogP contribution in [0.15, 0.2) is 35.8 Å². The summed E-state index contributed by atoms with van der Waals surface area (Å²) in [6, 6.07) is 7.62. The molecule has 0 saturated heterocycles. The predicted molar refractivity (Wildman–Crippen MR) is 77.1 cm³/mol. The zero-order valence-electron chi connectivity index (χ0n) is 10.8. The van der Waals surface area contributed by atoms with E-state index in [9.17, 15) is 4.79 Å². The van der Waals surface area contributed by atoms with E-state index in [4.69, 9.17) is 5.73 Å². The first kappa shape index (κ1) is 13.7. The van der Waals surface area contributed by atoms with E-state index < -0.39 is 0 Å². The Balaban J connectivity index is 1.96. The van der Waals surface area contributed by atoms with Gasteiger partial charge in [0.1, 0.15) is 0 Å². The van der Waals surface area contributed by atoms with Crippen LogP contribution in [0, 0.1) is 0 Å². The van der Waals surface area contributed by atoms with Gasteiger partial charge in [-0.15, -0.1) is 11.3 Å². The van der Waals surface area contributed by atoms with Gasteiger partial charge in [-0.2, -0.15) is 0 Å². The molecule has 1 unspecified atom stereocenters. The molecule has 0 aromatic carbocycles. The first-order valence-electron chi connectivity index (χ1n) is 6.17. The Morgan fingerprint density at radius 2 is 2.37 bits per heavy atom. The van der Waals surface area contributed by atoms with E-state index in [0.29, 0.717) is 12.1 Å². The molecule has 3 N–H and O–H groups in total. The highest BCUT2D eigenvalue weighted by atomic mass is 32.1. The molecule has 0 fully saturated rings. The molecule has 2 rings (SSSR count). The minimum atomic E-state index is -0.0823. The van der Waals surface area contributed by atoms with Crippen molar-refractivity contribution < 1.29 is 4.79 Å². The van der Waals surface area contributed by atoms with Crippen molar-refractivity contribution in [1.82, 2.24) is 10.3 Å². The maximum atomic E-state index is 12.1. The number of thiophene rings is 1. The third-order valence-electron chi connectivity index (χ3n) is 2.75. The Morgan fingerprint density at radius 1 is 1.53 bits per heavy atom. The van der Waals surface area contributed by atoms with Crippen LogP contribution in [0.2, 0.25) is 0 Å². The number of rotatable bonds is 5. The van der Waals surface area contributed by atoms with Gasteiger partial charge in [0, 0.05) is 35.6 Å². The van der Waals surface area contributed by atoms with Crippen molar-refractivity contribution in [3.63, 3.8) is 0 Å². The second-order valence-electron chi connectivity index (χ2n) is 4.40. The molecule has 19 heavy (non-hydrogen) atoms. The van der Waals surface area contributed by atoms with Gasteiger partial charge < -0.3 is 11.1 Å². The summed E-state index contributed by atoms with van der Waals surface area (Å²) in [4.78, 5) is 17.4. The van der Waals surface area contributed by atoms with E-state index in [2.05, 4.69) is 16.4 Å². The zero-order valence-corrected chi connectivity index (χ0v) is 11.6. The largest absolute Gasteiger partial charge is 0.349 e. The molecule has 0 radical (unpaired) electrons. The second kappa shape index (κ2) is 6.45. The molecule has 0 aliphatic heterocycles. The Morgan fingerprint density at radius 3 is 3.05 bits per heavy atom. The van der Waals surface area contributed by atoms with Gasteiger partial charge >= 0.3 is 0 Å². The first-order chi connectivity index (χ1) is 9.19. The summed E-state index contributed by atoms with van der Waals surface area (Å²) in [5, 5.41) is 5.03. The van der Waals surface area contributed by atoms with Crippen molar-refractivity contribution in [3.05, 3.63) is 52.0 Å². The van der Waals surface area contributed by atoms with E-state index in [0.717, 1.165) is 12.1 Å². The molecule has 2 aromatic heterocycles. The van der Waals surface area contributed by atoms with Crippen LogP contribution in [-0.2, 0) is 13.0 Å². The third-order valence-corrected chi connectivity index (χ3v) is 3.65. The Hall–Kier alpha value is -1.72. The molecule has 0 aliphatic carbocycles. The molecular formula is C14H17N3OS. The van der Waals surface area contributed by atoms with Crippen LogP contribution in [-0.4, -0.2) is 16.9 Å². The van der Waals surface area contributed by atoms with E-state index in [1.807, 2.05) is 18.4 Å². The highest BCUT2D eigenvalue weighted by Crippen LogP contribution is 2.11. The standard InChI is InChI=1S/C14H17N3OS/c1-10(7-13-3-2-6-19-13)17-14(18)11-4-5-16-12(8-11)9-15/h2-6,8,10H,7,9,15H2,1H3,(H,17,18). The summed E-state index contributed by atoms with van der Waals surface area (Å²) >= 11 is 1.70. The van der Waals surface area contributed by atoms with E-state index >= 15 is 0 Å². The highest BCUT2D eigenvalue weighted by Gasteiger charge is 2.11. The lowest BCUT2D eigenvalue weighted by Gasteiger charge is -2.13. The summed E-state index contributed by atoms with van der Waals surface area (Å²) in [7, 11) is 0. The van der Waals surface area contributed by atoms with Crippen molar-refractivity contribution >= 4 is 17.2 Å². The van der Waals surface area contributed by atoms with Crippen LogP contribution in [0.25, 0.3) is 0 Å². The van der Waals surface area contributed by atoms with Crippen LogP contribution in [0.5, 0.6) is 0 Å². The smallest absolute Gasteiger partial charge is 0.251 e. The number of nitrogens with one attached hydrogen (secondary N) is 1. The number of aromatic nitrogens is 1. The van der Waals surface area contributed by atoms with Gasteiger partial charge in [-0.1, -0.05) is 6.07 Å². The molecule has 0 bridgehead atoms. The molecule has 2 aromatic rings. The summed E-state index contributed by atoms with van der Waals surface area (Å²) < 4.78 is 0. The molecule has 1 atom stereocenters. The van der Waals surface area contributed by atoms with Gasteiger partial charge in [0.25, 0.3) is 5.91 Å². The van der Waals surface area contributed by atoms with Crippen molar-refractivity contribution in [2.24, 2.45) is 5.73 Å². The molecule has 5 heteroatoms. The lowest BCUT2D eigenvalue weighted by atomic mass is 10.1. The fourth-order valence-corrected chi connectivity index (χ4v) is 2.65. The van der Waals surface area contributed by atoms with Gasteiger partial charge in [0.05, 0.1) is 5.69 Å². The molecule has 4 nitrogen and oxygen atoms in total. The molecule has 100 valence electrons. The van der Waals surface area contributed by atoms with Gasteiger partial charge in [-0.25, -0.2) is 0 Å². The third kappa shape index (κ3) is 3.87.